The van der Waals surface area contributed by atoms with Gasteiger partial charge < -0.3 is 40.8 Å². The van der Waals surface area contributed by atoms with Gasteiger partial charge in [-0.3, -0.25) is 0 Å². The fourth-order valence-corrected chi connectivity index (χ4v) is 0. The van der Waals surface area contributed by atoms with Crippen LogP contribution in [0.3, 0.4) is 0 Å². The van der Waals surface area contributed by atoms with E-state index in [-0.39, 0.29) is 171 Å². The number of hydrogen-bond acceptors (Lipinski definition) is 2. The molecular weight excluding hydrogens is 477 g/mol. The van der Waals surface area contributed by atoms with Crippen molar-refractivity contribution in [3.63, 3.8) is 0 Å². The minimum absolute atomic E-state index is 0. The van der Waals surface area contributed by atoms with Gasteiger partial charge in [-0.2, -0.15) is 0 Å². The number of phosphoric acid groups is 2. The molecule has 0 aliphatic carbocycles. The molecule has 0 atom stereocenters. The van der Waals surface area contributed by atoms with E-state index in [0.717, 1.165) is 0 Å². The molecule has 8 nitrogen and oxygen atoms in total. The van der Waals surface area contributed by atoms with Gasteiger partial charge in [0.1, 0.15) is 0 Å². The smallest absolute Gasteiger partial charge is 1.00 e. The second-order valence-corrected chi connectivity index (χ2v) is 3.08. The topological polar surface area (TPSA) is 156 Å². The average molecular weight is 491 g/mol. The van der Waals surface area contributed by atoms with Gasteiger partial charge in [0, 0.05) is 0 Å². The summed E-state index contributed by atoms with van der Waals surface area (Å²) in [5, 5.41) is 0. The third-order valence-electron chi connectivity index (χ3n) is 0. The van der Waals surface area contributed by atoms with E-state index in [2.05, 4.69) is 0 Å². The maximum atomic E-state index is 8.88. The van der Waals surface area contributed by atoms with Crippen molar-refractivity contribution in [2.24, 2.45) is 0 Å². The van der Waals surface area contributed by atoms with Crippen LogP contribution >= 0.6 is 15.6 Å². The normalized spacial score (nSPS) is 8.43. The van der Waals surface area contributed by atoms with E-state index < -0.39 is 15.6 Å². The van der Waals surface area contributed by atoms with E-state index in [4.69, 9.17) is 38.5 Å². The van der Waals surface area contributed by atoms with Gasteiger partial charge in [-0.15, -0.1) is 0 Å². The second kappa shape index (κ2) is 18.4. The maximum absolute atomic E-state index is 8.88. The molecule has 0 aromatic carbocycles. The van der Waals surface area contributed by atoms with E-state index in [1.165, 1.54) is 0 Å². The predicted molar refractivity (Wildman–Crippen MR) is 60.4 cm³/mol. The third-order valence-corrected chi connectivity index (χ3v) is 0. The van der Waals surface area contributed by atoms with E-state index in [0.29, 0.717) is 0 Å². The molecular formula is H14MgO8P2Sr3. The van der Waals surface area contributed by atoms with E-state index in [9.17, 15) is 0 Å². The van der Waals surface area contributed by atoms with Crippen LogP contribution in [0.1, 0.15) is 11.4 Å². The summed E-state index contributed by atoms with van der Waals surface area (Å²) < 4.78 is 17.8. The van der Waals surface area contributed by atoms with Gasteiger partial charge in [0.05, 0.1) is 0 Å². The van der Waals surface area contributed by atoms with E-state index in [1.54, 1.807) is 0 Å². The van der Waals surface area contributed by atoms with Crippen LogP contribution in [0, 0.1) is 0 Å². The van der Waals surface area contributed by atoms with Crippen LogP contribution < -0.4 is 0 Å². The summed E-state index contributed by atoms with van der Waals surface area (Å²) in [5.41, 5.74) is 0. The van der Waals surface area contributed by atoms with Crippen molar-refractivity contribution in [1.82, 2.24) is 0 Å². The van der Waals surface area contributed by atoms with Crippen molar-refractivity contribution in [3.05, 3.63) is 0 Å². The molecule has 0 saturated carbocycles. The minimum atomic E-state index is -4.64. The van der Waals surface area contributed by atoms with Crippen molar-refractivity contribution in [1.29, 1.82) is 0 Å². The Morgan fingerprint density at radius 1 is 0.643 bits per heavy atom. The van der Waals surface area contributed by atoms with Crippen molar-refractivity contribution in [2.75, 3.05) is 0 Å². The molecule has 0 spiro atoms. The molecule has 0 bridgehead atoms. The zero-order chi connectivity index (χ0) is 9.00. The van der Waals surface area contributed by atoms with Crippen LogP contribution in [0.25, 0.3) is 0 Å². The van der Waals surface area contributed by atoms with E-state index >= 15 is 0 Å². The minimum Gasteiger partial charge on any atom is -1.00 e. The molecule has 0 aromatic heterocycles. The van der Waals surface area contributed by atoms with Gasteiger partial charge >= 0.3 is 175 Å². The van der Waals surface area contributed by atoms with Crippen molar-refractivity contribution in [2.45, 2.75) is 0 Å². The van der Waals surface area contributed by atoms with Crippen LogP contribution in [0.4, 0.5) is 0 Å². The molecule has 0 fully saturated rings. The number of rotatable bonds is 0. The van der Waals surface area contributed by atoms with Gasteiger partial charge in [-0.25, -0.2) is 9.13 Å². The molecule has 6 N–H and O–H groups in total. The van der Waals surface area contributed by atoms with Crippen LogP contribution in [0.15, 0.2) is 0 Å². The SMILES string of the molecule is O=P(O)(O)O.O=P(O)(O)O.[H-].[H-].[H-].[H-].[H-].[H-].[H-].[H-].[Mg+2].[Sr+2].[Sr+2].[Sr+2]. The Hall–Kier alpha value is 5.43. The predicted octanol–water partition coefficient (Wildman–Crippen LogP) is -2.48. The Bertz CT molecular complexity index is 156. The molecule has 0 aliphatic heterocycles. The van der Waals surface area contributed by atoms with Crippen LogP contribution in [0.2, 0.25) is 0 Å². The third kappa shape index (κ3) is 160. The molecule has 0 aromatic rings. The molecule has 14 heavy (non-hydrogen) atoms. The molecule has 0 radical (unpaired) electrons. The van der Waals surface area contributed by atoms with E-state index in [1.807, 2.05) is 0 Å². The van der Waals surface area contributed by atoms with Crippen LogP contribution in [-0.4, -0.2) is 189 Å². The monoisotopic (exact) mass is 492 g/mol. The summed E-state index contributed by atoms with van der Waals surface area (Å²) in [6, 6.07) is 0. The van der Waals surface area contributed by atoms with Crippen LogP contribution in [-0.2, 0) is 9.13 Å². The largest absolute Gasteiger partial charge is 2.00 e. The molecule has 0 saturated heterocycles. The Morgan fingerprint density at radius 2 is 0.643 bits per heavy atom. The van der Waals surface area contributed by atoms with Gasteiger partial charge in [0.15, 0.2) is 0 Å². The molecule has 0 aliphatic rings. The van der Waals surface area contributed by atoms with Crippen molar-refractivity contribution >= 4 is 175 Å². The van der Waals surface area contributed by atoms with Gasteiger partial charge in [-0.05, 0) is 0 Å². The summed E-state index contributed by atoms with van der Waals surface area (Å²) >= 11 is 0. The summed E-state index contributed by atoms with van der Waals surface area (Å²) in [6.45, 7) is 0. The Morgan fingerprint density at radius 3 is 0.643 bits per heavy atom. The zero-order valence-electron chi connectivity index (χ0n) is 15.2. The average Bonchev–Trinajstić information content (AvgIpc) is 1.12. The van der Waals surface area contributed by atoms with Gasteiger partial charge in [-0.1, -0.05) is 0 Å². The molecule has 80 valence electrons. The summed E-state index contributed by atoms with van der Waals surface area (Å²) in [7, 11) is -9.28. The molecule has 14 heteroatoms. The first-order valence-corrected chi connectivity index (χ1v) is 4.70. The summed E-state index contributed by atoms with van der Waals surface area (Å²) in [4.78, 5) is 43.1. The summed E-state index contributed by atoms with van der Waals surface area (Å²) in [5.74, 6) is 0. The standard InChI is InChI=1S/Mg.2H3O4P.3Sr.8H/c;2*1-5(2,3)4;;;;;;;;;;;/h;2*(H3,1,2,3,4);;;;;;;;;;;/q+2;;;3*+2;8*-1. The quantitative estimate of drug-likeness (QED) is 0.161. The maximum Gasteiger partial charge on any atom is 2.00 e. The second-order valence-electron chi connectivity index (χ2n) is 1.03. The molecule has 0 unspecified atom stereocenters. The first-order valence-electron chi connectivity index (χ1n) is 1.57. The molecule has 0 amide bonds. The molecule has 0 heterocycles. The number of hydrogen-bond donors (Lipinski definition) is 6. The fourth-order valence-electron chi connectivity index (χ4n) is 0. The fraction of sp³-hybridized carbons (Fsp3) is 0. The molecule has 0 rings (SSSR count). The Balaban J connectivity index is -0.00000000314. The Kier molecular flexibility index (Phi) is 48.2. The van der Waals surface area contributed by atoms with Crippen LogP contribution in [0.5, 0.6) is 0 Å². The van der Waals surface area contributed by atoms with Crippen molar-refractivity contribution < 1.29 is 49.9 Å². The van der Waals surface area contributed by atoms with Gasteiger partial charge in [0.25, 0.3) is 0 Å². The van der Waals surface area contributed by atoms with Crippen molar-refractivity contribution in [3.8, 4) is 0 Å². The zero-order valence-corrected chi connectivity index (χ0v) is 20.9. The summed E-state index contributed by atoms with van der Waals surface area (Å²) in [6.07, 6.45) is 0. The Labute approximate surface area is 220 Å². The van der Waals surface area contributed by atoms with Gasteiger partial charge in [0.2, 0.25) is 0 Å². The first kappa shape index (κ1) is 36.6. The first-order chi connectivity index (χ1) is 4.00.